The first kappa shape index (κ1) is 19.3. The summed E-state index contributed by atoms with van der Waals surface area (Å²) in [5.74, 6) is -1.85. The zero-order valence-electron chi connectivity index (χ0n) is 12.9. The van der Waals surface area contributed by atoms with Gasteiger partial charge in [-0.1, -0.05) is 5.16 Å². The summed E-state index contributed by atoms with van der Waals surface area (Å²) in [6.45, 7) is 0.860. The molecule has 134 valence electrons. The maximum absolute atomic E-state index is 11.7. The van der Waals surface area contributed by atoms with E-state index in [1.54, 1.807) is 0 Å². The molecule has 0 aliphatic carbocycles. The number of primary amides is 1. The van der Waals surface area contributed by atoms with Gasteiger partial charge in [0.2, 0.25) is 11.8 Å². The number of aliphatic carboxylic acids is 1. The van der Waals surface area contributed by atoms with E-state index in [-0.39, 0.29) is 24.6 Å². The zero-order chi connectivity index (χ0) is 18.3. The number of carboxylic acids is 1. The van der Waals surface area contributed by atoms with Gasteiger partial charge in [0.05, 0.1) is 12.1 Å². The molecule has 0 bridgehead atoms. The fourth-order valence-electron chi connectivity index (χ4n) is 1.65. The van der Waals surface area contributed by atoms with Gasteiger partial charge in [0.1, 0.15) is 12.6 Å². The average molecular weight is 344 g/mol. The maximum Gasteiger partial charge on any atom is 0.323 e. The van der Waals surface area contributed by atoms with E-state index in [9.17, 15) is 19.5 Å². The summed E-state index contributed by atoms with van der Waals surface area (Å²) in [4.78, 5) is 37.0. The molecule has 0 spiro atoms. The minimum Gasteiger partial charge on any atom is -0.480 e. The zero-order valence-corrected chi connectivity index (χ0v) is 12.9. The van der Waals surface area contributed by atoms with Gasteiger partial charge in [0.15, 0.2) is 5.82 Å². The van der Waals surface area contributed by atoms with Crippen molar-refractivity contribution in [1.29, 1.82) is 0 Å². The van der Waals surface area contributed by atoms with E-state index in [1.807, 2.05) is 0 Å². The van der Waals surface area contributed by atoms with Crippen LogP contribution >= 0.6 is 0 Å². The van der Waals surface area contributed by atoms with Crippen molar-refractivity contribution in [2.75, 3.05) is 6.54 Å². The number of nitrogens with zero attached hydrogens (tertiary/aromatic N) is 2. The van der Waals surface area contributed by atoms with Crippen LogP contribution in [0.25, 0.3) is 0 Å². The van der Waals surface area contributed by atoms with Gasteiger partial charge < -0.3 is 36.8 Å². The van der Waals surface area contributed by atoms with Gasteiger partial charge in [-0.2, -0.15) is 4.98 Å². The molecule has 12 heteroatoms. The van der Waals surface area contributed by atoms with E-state index in [0.29, 0.717) is 0 Å². The summed E-state index contributed by atoms with van der Waals surface area (Å²) in [7, 11) is 0. The third-order valence-corrected chi connectivity index (χ3v) is 2.96. The van der Waals surface area contributed by atoms with E-state index >= 15 is 0 Å². The molecule has 0 saturated carbocycles. The first-order chi connectivity index (χ1) is 11.2. The normalized spacial score (nSPS) is 14.5. The van der Waals surface area contributed by atoms with Crippen LogP contribution in [0, 0.1) is 0 Å². The highest BCUT2D eigenvalue weighted by Gasteiger charge is 2.25. The van der Waals surface area contributed by atoms with Gasteiger partial charge in [-0.15, -0.1) is 0 Å². The predicted octanol–water partition coefficient (Wildman–Crippen LogP) is -1.86. The molecule has 3 amide bonds. The summed E-state index contributed by atoms with van der Waals surface area (Å²) in [6.07, 6.45) is -0.947. The summed E-state index contributed by atoms with van der Waals surface area (Å²) < 4.78 is 4.99. The van der Waals surface area contributed by atoms with Crippen molar-refractivity contribution < 1.29 is 29.1 Å². The number of aromatic nitrogens is 2. The molecule has 3 atom stereocenters. The monoisotopic (exact) mass is 344 g/mol. The quantitative estimate of drug-likeness (QED) is 0.296. The minimum absolute atomic E-state index is 0.0248. The molecule has 0 unspecified atom stereocenters. The summed E-state index contributed by atoms with van der Waals surface area (Å²) in [5, 5.41) is 26.1. The van der Waals surface area contributed by atoms with Crippen molar-refractivity contribution in [1.82, 2.24) is 20.8 Å². The summed E-state index contributed by atoms with van der Waals surface area (Å²) >= 11 is 0. The summed E-state index contributed by atoms with van der Waals surface area (Å²) in [6, 6.07) is -2.57. The van der Waals surface area contributed by atoms with Crippen LogP contribution in [0.4, 0.5) is 4.79 Å². The Bertz CT molecular complexity index is 588. The molecular formula is C12H20N6O6. The lowest BCUT2D eigenvalue weighted by molar-refractivity contribution is -0.135. The van der Waals surface area contributed by atoms with Gasteiger partial charge in [-0.05, 0) is 13.3 Å². The maximum atomic E-state index is 11.7. The van der Waals surface area contributed by atoms with Crippen LogP contribution < -0.4 is 22.1 Å². The lowest BCUT2D eigenvalue weighted by atomic mass is 10.1. The molecule has 1 rings (SSSR count). The molecule has 0 aromatic carbocycles. The number of carboxylic acid groups (broad SMARTS) is 1. The summed E-state index contributed by atoms with van der Waals surface area (Å²) in [5.41, 5.74) is 10.8. The number of nitrogens with one attached hydrogen (secondary N) is 2. The number of carbonyl (C=O) groups excluding carboxylic acids is 2. The Morgan fingerprint density at radius 1 is 1.38 bits per heavy atom. The first-order valence-electron chi connectivity index (χ1n) is 7.02. The Morgan fingerprint density at radius 2 is 2.04 bits per heavy atom. The van der Waals surface area contributed by atoms with E-state index in [4.69, 9.17) is 21.1 Å². The Hall–Kier alpha value is -2.73. The van der Waals surface area contributed by atoms with Gasteiger partial charge in [-0.3, -0.25) is 9.59 Å². The van der Waals surface area contributed by atoms with Crippen LogP contribution in [0.2, 0.25) is 0 Å². The molecule has 0 fully saturated rings. The number of amides is 3. The van der Waals surface area contributed by atoms with Crippen molar-refractivity contribution >= 4 is 17.9 Å². The number of rotatable bonds is 9. The van der Waals surface area contributed by atoms with Crippen molar-refractivity contribution in [3.05, 3.63) is 11.7 Å². The molecule has 1 aromatic heterocycles. The lowest BCUT2D eigenvalue weighted by Gasteiger charge is -2.14. The fourth-order valence-corrected chi connectivity index (χ4v) is 1.65. The van der Waals surface area contributed by atoms with E-state index in [2.05, 4.69) is 20.8 Å². The van der Waals surface area contributed by atoms with Gasteiger partial charge >= 0.3 is 12.0 Å². The number of hydrogen-bond donors (Lipinski definition) is 6. The number of hydrogen-bond acceptors (Lipinski definition) is 8. The Balaban J connectivity index is 2.83. The standard InChI is InChI=1S/C12H20N6O6/c1-5(19)9(14)10-17-11(24-18-10)6(2-3-7(13)20)16-12(23)15-4-8(21)22/h5-6,9,19H,2-4,14H2,1H3,(H2,13,20)(H,21,22)(H2,15,16,23)/t5-,6-,9-/m0/s1. The van der Waals surface area contributed by atoms with Gasteiger partial charge in [0, 0.05) is 6.42 Å². The second-order valence-corrected chi connectivity index (χ2v) is 5.04. The highest BCUT2D eigenvalue weighted by Crippen LogP contribution is 2.19. The number of aliphatic hydroxyl groups is 1. The molecular weight excluding hydrogens is 324 g/mol. The van der Waals surface area contributed by atoms with Crippen molar-refractivity contribution in [2.24, 2.45) is 11.5 Å². The Kier molecular flexibility index (Phi) is 7.07. The Labute approximate surface area is 136 Å². The van der Waals surface area contributed by atoms with Crippen LogP contribution in [-0.4, -0.2) is 50.9 Å². The first-order valence-corrected chi connectivity index (χ1v) is 7.02. The van der Waals surface area contributed by atoms with Crippen LogP contribution in [0.1, 0.15) is 43.6 Å². The second kappa shape index (κ2) is 8.79. The highest BCUT2D eigenvalue weighted by atomic mass is 16.5. The number of carbonyl (C=O) groups is 3. The SMILES string of the molecule is C[C@H](O)[C@H](N)c1noc([C@H](CCC(N)=O)NC(=O)NCC(=O)O)n1. The van der Waals surface area contributed by atoms with Crippen molar-refractivity contribution in [3.63, 3.8) is 0 Å². The van der Waals surface area contributed by atoms with Crippen LogP contribution in [0.3, 0.4) is 0 Å². The number of aliphatic hydroxyl groups excluding tert-OH is 1. The molecule has 24 heavy (non-hydrogen) atoms. The second-order valence-electron chi connectivity index (χ2n) is 5.04. The molecule has 12 nitrogen and oxygen atoms in total. The highest BCUT2D eigenvalue weighted by molar-refractivity contribution is 5.80. The van der Waals surface area contributed by atoms with Gasteiger partial charge in [-0.25, -0.2) is 4.79 Å². The number of urea groups is 1. The fraction of sp³-hybridized carbons (Fsp3) is 0.583. The van der Waals surface area contributed by atoms with Crippen LogP contribution in [0.5, 0.6) is 0 Å². The molecule has 0 radical (unpaired) electrons. The van der Waals surface area contributed by atoms with Crippen molar-refractivity contribution in [3.8, 4) is 0 Å². The largest absolute Gasteiger partial charge is 0.480 e. The average Bonchev–Trinajstić information content (AvgIpc) is 2.97. The third kappa shape index (κ3) is 6.18. The van der Waals surface area contributed by atoms with E-state index in [1.165, 1.54) is 6.92 Å². The smallest absolute Gasteiger partial charge is 0.323 e. The van der Waals surface area contributed by atoms with Crippen LogP contribution in [-0.2, 0) is 9.59 Å². The lowest BCUT2D eigenvalue weighted by Crippen LogP contribution is -2.40. The number of nitrogens with two attached hydrogens (primary N) is 2. The third-order valence-electron chi connectivity index (χ3n) is 2.96. The molecule has 1 aromatic rings. The van der Waals surface area contributed by atoms with Crippen LogP contribution in [0.15, 0.2) is 4.52 Å². The van der Waals surface area contributed by atoms with Crippen molar-refractivity contribution in [2.45, 2.75) is 38.0 Å². The molecule has 8 N–H and O–H groups in total. The molecule has 0 aliphatic rings. The minimum atomic E-state index is -1.22. The Morgan fingerprint density at radius 3 is 2.58 bits per heavy atom. The van der Waals surface area contributed by atoms with E-state index in [0.717, 1.165) is 0 Å². The predicted molar refractivity (Wildman–Crippen MR) is 78.2 cm³/mol. The molecule has 1 heterocycles. The van der Waals surface area contributed by atoms with Gasteiger partial charge in [0.25, 0.3) is 0 Å². The molecule has 0 saturated heterocycles. The van der Waals surface area contributed by atoms with E-state index < -0.39 is 42.6 Å². The topological polar surface area (TPSA) is 207 Å². The molecule has 0 aliphatic heterocycles.